The van der Waals surface area contributed by atoms with Crippen molar-refractivity contribution < 1.29 is 9.90 Å². The Kier molecular flexibility index (Phi) is 3.22. The van der Waals surface area contributed by atoms with Crippen LogP contribution in [0.1, 0.15) is 43.5 Å². The van der Waals surface area contributed by atoms with E-state index in [2.05, 4.69) is 30.1 Å². The molecule has 0 radical (unpaired) electrons. The topological polar surface area (TPSA) is 56.3 Å². The van der Waals surface area contributed by atoms with Crippen molar-refractivity contribution in [3.63, 3.8) is 0 Å². The number of piperidine rings is 1. The minimum Gasteiger partial charge on any atom is -0.394 e. The number of carbonyl (C=O) groups excluding carboxylic acids is 1. The first-order valence-corrected chi connectivity index (χ1v) is 8.26. The Balaban J connectivity index is 1.92. The summed E-state index contributed by atoms with van der Waals surface area (Å²) in [6.45, 7) is 2.24. The van der Waals surface area contributed by atoms with Crippen LogP contribution in [0.4, 0.5) is 0 Å². The van der Waals surface area contributed by atoms with Crippen molar-refractivity contribution >= 4 is 16.8 Å². The van der Waals surface area contributed by atoms with Crippen molar-refractivity contribution in [2.75, 3.05) is 6.61 Å². The Labute approximate surface area is 130 Å². The number of benzene rings is 1. The van der Waals surface area contributed by atoms with Crippen LogP contribution in [-0.2, 0) is 11.2 Å². The third-order valence-corrected chi connectivity index (χ3v) is 5.47. The van der Waals surface area contributed by atoms with Gasteiger partial charge in [-0.15, -0.1) is 0 Å². The summed E-state index contributed by atoms with van der Waals surface area (Å²) in [5.74, 6) is 0.664. The number of nitrogens with one attached hydrogen (secondary N) is 1. The SMILES string of the molecule is CC[C@@H]1CCC(=O)N2[C@H](CO)Cc3c([nH]c4ccccc34)[C@@H]12. The third kappa shape index (κ3) is 1.83. The number of aliphatic hydroxyl groups excluding tert-OH is 1. The van der Waals surface area contributed by atoms with E-state index in [9.17, 15) is 9.90 Å². The molecule has 116 valence electrons. The van der Waals surface area contributed by atoms with Crippen LogP contribution in [0.25, 0.3) is 10.9 Å². The average molecular weight is 298 g/mol. The highest BCUT2D eigenvalue weighted by Crippen LogP contribution is 2.45. The zero-order valence-electron chi connectivity index (χ0n) is 12.9. The Bertz CT molecular complexity index is 721. The summed E-state index contributed by atoms with van der Waals surface area (Å²) in [6, 6.07) is 8.34. The van der Waals surface area contributed by atoms with E-state index in [-0.39, 0.29) is 24.6 Å². The molecule has 4 rings (SSSR count). The fourth-order valence-corrected chi connectivity index (χ4v) is 4.39. The summed E-state index contributed by atoms with van der Waals surface area (Å²) in [5.41, 5.74) is 3.63. The highest BCUT2D eigenvalue weighted by Gasteiger charge is 2.44. The van der Waals surface area contributed by atoms with Crippen molar-refractivity contribution in [1.82, 2.24) is 9.88 Å². The number of rotatable bonds is 2. The zero-order valence-corrected chi connectivity index (χ0v) is 12.9. The first kappa shape index (κ1) is 13.8. The number of amides is 1. The first-order chi connectivity index (χ1) is 10.7. The van der Waals surface area contributed by atoms with Gasteiger partial charge in [-0.3, -0.25) is 4.79 Å². The molecule has 4 nitrogen and oxygen atoms in total. The molecular weight excluding hydrogens is 276 g/mol. The molecule has 1 aromatic heterocycles. The predicted molar refractivity (Wildman–Crippen MR) is 85.5 cm³/mol. The van der Waals surface area contributed by atoms with Crippen LogP contribution in [0.3, 0.4) is 0 Å². The van der Waals surface area contributed by atoms with Crippen molar-refractivity contribution in [3.05, 3.63) is 35.5 Å². The average Bonchev–Trinajstić information content (AvgIpc) is 2.93. The Hall–Kier alpha value is -1.81. The molecule has 2 aliphatic rings. The number of carbonyl (C=O) groups is 1. The van der Waals surface area contributed by atoms with Gasteiger partial charge in [-0.05, 0) is 30.4 Å². The fraction of sp³-hybridized carbons (Fsp3) is 0.500. The maximum atomic E-state index is 12.5. The van der Waals surface area contributed by atoms with Crippen molar-refractivity contribution in [1.29, 1.82) is 0 Å². The van der Waals surface area contributed by atoms with Gasteiger partial charge in [-0.1, -0.05) is 31.5 Å². The Morgan fingerprint density at radius 1 is 1.36 bits per heavy atom. The second-order valence-electron chi connectivity index (χ2n) is 6.56. The van der Waals surface area contributed by atoms with Crippen molar-refractivity contribution in [2.45, 2.75) is 44.7 Å². The maximum Gasteiger partial charge on any atom is 0.223 e. The molecule has 4 heteroatoms. The van der Waals surface area contributed by atoms with Gasteiger partial charge in [-0.2, -0.15) is 0 Å². The normalized spacial score (nSPS) is 27.8. The lowest BCUT2D eigenvalue weighted by Crippen LogP contribution is -2.53. The summed E-state index contributed by atoms with van der Waals surface area (Å²) in [7, 11) is 0. The van der Waals surface area contributed by atoms with Crippen LogP contribution < -0.4 is 0 Å². The van der Waals surface area contributed by atoms with E-state index in [1.165, 1.54) is 16.6 Å². The number of fused-ring (bicyclic) bond motifs is 5. The zero-order chi connectivity index (χ0) is 15.3. The fourth-order valence-electron chi connectivity index (χ4n) is 4.39. The van der Waals surface area contributed by atoms with E-state index in [0.29, 0.717) is 12.3 Å². The summed E-state index contributed by atoms with van der Waals surface area (Å²) < 4.78 is 0. The van der Waals surface area contributed by atoms with E-state index < -0.39 is 0 Å². The molecule has 3 heterocycles. The van der Waals surface area contributed by atoms with Crippen LogP contribution in [0, 0.1) is 5.92 Å². The minimum atomic E-state index is -0.0847. The summed E-state index contributed by atoms with van der Waals surface area (Å²) in [5, 5.41) is 11.1. The molecule has 1 saturated heterocycles. The third-order valence-electron chi connectivity index (χ3n) is 5.47. The molecule has 2 aromatic rings. The molecule has 0 spiro atoms. The number of aromatic nitrogens is 1. The number of H-pyrrole nitrogens is 1. The molecule has 2 N–H and O–H groups in total. The maximum absolute atomic E-state index is 12.5. The van der Waals surface area contributed by atoms with Gasteiger partial charge >= 0.3 is 0 Å². The lowest BCUT2D eigenvalue weighted by molar-refractivity contribution is -0.145. The monoisotopic (exact) mass is 298 g/mol. The molecule has 1 amide bonds. The van der Waals surface area contributed by atoms with E-state index in [4.69, 9.17) is 0 Å². The highest BCUT2D eigenvalue weighted by atomic mass is 16.3. The molecule has 0 saturated carbocycles. The lowest BCUT2D eigenvalue weighted by atomic mass is 9.79. The number of hydrogen-bond acceptors (Lipinski definition) is 2. The van der Waals surface area contributed by atoms with Crippen molar-refractivity contribution in [3.8, 4) is 0 Å². The van der Waals surface area contributed by atoms with Gasteiger partial charge in [0, 0.05) is 23.0 Å². The lowest BCUT2D eigenvalue weighted by Gasteiger charge is -2.47. The number of aliphatic hydroxyl groups is 1. The first-order valence-electron chi connectivity index (χ1n) is 8.26. The van der Waals surface area contributed by atoms with Crippen LogP contribution in [0.15, 0.2) is 24.3 Å². The molecule has 3 atom stereocenters. The predicted octanol–water partition coefficient (Wildman–Crippen LogP) is 2.77. The molecule has 0 unspecified atom stereocenters. The second kappa shape index (κ2) is 5.13. The van der Waals surface area contributed by atoms with Gasteiger partial charge in [-0.25, -0.2) is 0 Å². The summed E-state index contributed by atoms with van der Waals surface area (Å²) >= 11 is 0. The van der Waals surface area contributed by atoms with Crippen LogP contribution >= 0.6 is 0 Å². The molecule has 1 fully saturated rings. The van der Waals surface area contributed by atoms with Gasteiger partial charge < -0.3 is 15.0 Å². The summed E-state index contributed by atoms with van der Waals surface area (Å²) in [6.07, 6.45) is 3.36. The van der Waals surface area contributed by atoms with Crippen molar-refractivity contribution in [2.24, 2.45) is 5.92 Å². The van der Waals surface area contributed by atoms with Gasteiger partial charge in [0.1, 0.15) is 0 Å². The molecule has 1 aromatic carbocycles. The number of nitrogens with zero attached hydrogens (tertiary/aromatic N) is 1. The van der Waals surface area contributed by atoms with Gasteiger partial charge in [0.25, 0.3) is 0 Å². The number of hydrogen-bond donors (Lipinski definition) is 2. The van der Waals surface area contributed by atoms with Crippen LogP contribution in [-0.4, -0.2) is 33.5 Å². The smallest absolute Gasteiger partial charge is 0.223 e. The molecule has 0 aliphatic carbocycles. The number of aromatic amines is 1. The van der Waals surface area contributed by atoms with Gasteiger partial charge in [0.2, 0.25) is 5.91 Å². The quantitative estimate of drug-likeness (QED) is 0.895. The molecule has 2 aliphatic heterocycles. The number of para-hydroxylation sites is 1. The highest BCUT2D eigenvalue weighted by molar-refractivity contribution is 5.86. The van der Waals surface area contributed by atoms with Crippen LogP contribution in [0.5, 0.6) is 0 Å². The molecular formula is C18H22N2O2. The van der Waals surface area contributed by atoms with Crippen LogP contribution in [0.2, 0.25) is 0 Å². The van der Waals surface area contributed by atoms with E-state index >= 15 is 0 Å². The van der Waals surface area contributed by atoms with E-state index in [1.807, 2.05) is 11.0 Å². The Morgan fingerprint density at radius 3 is 2.95 bits per heavy atom. The Morgan fingerprint density at radius 2 is 2.18 bits per heavy atom. The van der Waals surface area contributed by atoms with Gasteiger partial charge in [0.15, 0.2) is 0 Å². The minimum absolute atomic E-state index is 0.0393. The van der Waals surface area contributed by atoms with E-state index in [1.54, 1.807) is 0 Å². The molecule has 22 heavy (non-hydrogen) atoms. The summed E-state index contributed by atoms with van der Waals surface area (Å²) in [4.78, 5) is 18.0. The largest absolute Gasteiger partial charge is 0.394 e. The second-order valence-corrected chi connectivity index (χ2v) is 6.56. The standard InChI is InChI=1S/C18H22N2O2/c1-2-11-7-8-16(22)20-12(10-21)9-14-13-5-3-4-6-15(13)19-17(14)18(11)20/h3-6,11-12,18-19,21H,2,7-10H2,1H3/t11-,12+,18-/m1/s1. The molecule has 0 bridgehead atoms. The van der Waals surface area contributed by atoms with Gasteiger partial charge in [0.05, 0.1) is 18.7 Å². The van der Waals surface area contributed by atoms with E-state index in [0.717, 1.165) is 24.8 Å².